The molecule has 3 N–H and O–H groups in total. The molecule has 9 heteroatoms. The highest BCUT2D eigenvalue weighted by Crippen LogP contribution is 2.28. The lowest BCUT2D eigenvalue weighted by Crippen LogP contribution is -2.12. The number of carbonyl (C=O) groups is 1. The number of aromatic hydroxyl groups is 2. The van der Waals surface area contributed by atoms with Crippen LogP contribution in [0.5, 0.6) is 11.6 Å². The van der Waals surface area contributed by atoms with Gasteiger partial charge < -0.3 is 15.5 Å². The van der Waals surface area contributed by atoms with Crippen LogP contribution in [-0.2, 0) is 6.42 Å². The molecule has 2 aromatic carbocycles. The van der Waals surface area contributed by atoms with Gasteiger partial charge in [0.05, 0.1) is 11.2 Å². The molecule has 0 spiro atoms. The lowest BCUT2D eigenvalue weighted by molar-refractivity contribution is 0.102. The van der Waals surface area contributed by atoms with Crippen LogP contribution >= 0.6 is 23.2 Å². The number of phenolic OH excluding ortho intramolecular Hbond substituents is 1. The van der Waals surface area contributed by atoms with E-state index in [1.54, 1.807) is 25.1 Å². The number of rotatable bonds is 4. The number of amides is 1. The monoisotopic (exact) mass is 442 g/mol. The Labute approximate surface area is 181 Å². The van der Waals surface area contributed by atoms with Crippen molar-refractivity contribution in [2.45, 2.75) is 13.3 Å². The fourth-order valence-electron chi connectivity index (χ4n) is 3.08. The van der Waals surface area contributed by atoms with Gasteiger partial charge in [-0.05, 0) is 36.8 Å². The fraction of sp³-hybridized carbons (Fsp3) is 0.0952. The van der Waals surface area contributed by atoms with E-state index in [9.17, 15) is 15.0 Å². The number of fused-ring (bicyclic) bond motifs is 1. The molecule has 0 bridgehead atoms. The Balaban J connectivity index is 1.67. The third-order valence-corrected chi connectivity index (χ3v) is 5.24. The molecule has 2 aromatic heterocycles. The van der Waals surface area contributed by atoms with E-state index >= 15 is 0 Å². The molecular weight excluding hydrogens is 427 g/mol. The number of aromatic nitrogens is 3. The molecule has 0 aliphatic rings. The minimum absolute atomic E-state index is 0.0874. The smallest absolute Gasteiger partial charge is 0.261 e. The lowest BCUT2D eigenvalue weighted by atomic mass is 10.0. The van der Waals surface area contributed by atoms with Crippen LogP contribution in [0.15, 0.2) is 48.7 Å². The number of anilines is 1. The van der Waals surface area contributed by atoms with E-state index in [2.05, 4.69) is 15.4 Å². The predicted molar refractivity (Wildman–Crippen MR) is 115 cm³/mol. The molecule has 0 atom stereocenters. The van der Waals surface area contributed by atoms with Gasteiger partial charge in [0.1, 0.15) is 11.3 Å². The Morgan fingerprint density at radius 2 is 1.87 bits per heavy atom. The number of halogens is 2. The average molecular weight is 443 g/mol. The maximum absolute atomic E-state index is 12.7. The van der Waals surface area contributed by atoms with Crippen LogP contribution in [0.2, 0.25) is 10.0 Å². The summed E-state index contributed by atoms with van der Waals surface area (Å²) >= 11 is 11.7. The highest BCUT2D eigenvalue weighted by atomic mass is 35.5. The van der Waals surface area contributed by atoms with Crippen molar-refractivity contribution in [3.63, 3.8) is 0 Å². The van der Waals surface area contributed by atoms with Gasteiger partial charge in [0.25, 0.3) is 5.91 Å². The van der Waals surface area contributed by atoms with Gasteiger partial charge in [0.15, 0.2) is 5.65 Å². The summed E-state index contributed by atoms with van der Waals surface area (Å²) in [6, 6.07) is 11.7. The number of benzene rings is 2. The van der Waals surface area contributed by atoms with Crippen LogP contribution in [0.25, 0.3) is 5.65 Å². The second-order valence-electron chi connectivity index (χ2n) is 6.72. The van der Waals surface area contributed by atoms with Crippen LogP contribution in [0.1, 0.15) is 27.2 Å². The predicted octanol–water partition coefficient (Wildman–Crippen LogP) is 4.60. The number of hydrogen-bond donors (Lipinski definition) is 3. The molecule has 30 heavy (non-hydrogen) atoms. The molecule has 0 saturated carbocycles. The van der Waals surface area contributed by atoms with Crippen molar-refractivity contribution in [1.82, 2.24) is 14.6 Å². The first-order valence-corrected chi connectivity index (χ1v) is 9.69. The number of nitrogens with one attached hydrogen (secondary N) is 1. The zero-order chi connectivity index (χ0) is 21.4. The van der Waals surface area contributed by atoms with E-state index in [-0.39, 0.29) is 27.9 Å². The van der Waals surface area contributed by atoms with Crippen LogP contribution in [0.3, 0.4) is 0 Å². The van der Waals surface area contributed by atoms with Gasteiger partial charge >= 0.3 is 0 Å². The van der Waals surface area contributed by atoms with Crippen molar-refractivity contribution in [1.29, 1.82) is 0 Å². The zero-order valence-corrected chi connectivity index (χ0v) is 17.2. The number of hydrogen-bond acceptors (Lipinski definition) is 5. The van der Waals surface area contributed by atoms with Crippen LogP contribution in [0.4, 0.5) is 5.69 Å². The van der Waals surface area contributed by atoms with Gasteiger partial charge in [0.2, 0.25) is 5.88 Å². The van der Waals surface area contributed by atoms with Crippen molar-refractivity contribution in [3.05, 3.63) is 81.1 Å². The Morgan fingerprint density at radius 1 is 1.13 bits per heavy atom. The van der Waals surface area contributed by atoms with Gasteiger partial charge in [-0.3, -0.25) is 4.79 Å². The molecule has 1 amide bonds. The molecule has 7 nitrogen and oxygen atoms in total. The maximum atomic E-state index is 12.7. The summed E-state index contributed by atoms with van der Waals surface area (Å²) in [6.45, 7) is 1.76. The first-order chi connectivity index (χ1) is 14.3. The third kappa shape index (κ3) is 3.77. The molecule has 4 aromatic rings. The van der Waals surface area contributed by atoms with E-state index in [1.807, 2.05) is 12.1 Å². The van der Waals surface area contributed by atoms with Crippen LogP contribution in [-0.4, -0.2) is 30.7 Å². The molecule has 0 saturated heterocycles. The minimum Gasteiger partial charge on any atom is -0.506 e. The number of carbonyl (C=O) groups excluding carboxylic acids is 1. The molecule has 0 aliphatic carbocycles. The SMILES string of the molecule is Cc1nc2c(C(=O)Nc3ccc(Cl)c(O)c3)cnn2c(O)c1Cc1ccc(Cl)cc1. The summed E-state index contributed by atoms with van der Waals surface area (Å²) in [6.07, 6.45) is 1.77. The Bertz CT molecular complexity index is 1270. The van der Waals surface area contributed by atoms with Crippen molar-refractivity contribution in [2.24, 2.45) is 0 Å². The topological polar surface area (TPSA) is 99.8 Å². The minimum atomic E-state index is -0.483. The van der Waals surface area contributed by atoms with Crippen molar-refractivity contribution < 1.29 is 15.0 Å². The van der Waals surface area contributed by atoms with Gasteiger partial charge in [-0.15, -0.1) is 0 Å². The molecule has 0 fully saturated rings. The normalized spacial score (nSPS) is 11.0. The third-order valence-electron chi connectivity index (χ3n) is 4.67. The molecule has 2 heterocycles. The highest BCUT2D eigenvalue weighted by molar-refractivity contribution is 6.32. The quantitative estimate of drug-likeness (QED) is 0.428. The molecular formula is C21H16Cl2N4O3. The Kier molecular flexibility index (Phi) is 5.24. The highest BCUT2D eigenvalue weighted by Gasteiger charge is 2.20. The summed E-state index contributed by atoms with van der Waals surface area (Å²) < 4.78 is 1.23. The van der Waals surface area contributed by atoms with E-state index in [0.29, 0.717) is 28.4 Å². The first-order valence-electron chi connectivity index (χ1n) is 8.94. The van der Waals surface area contributed by atoms with Gasteiger partial charge in [-0.25, -0.2) is 4.98 Å². The van der Waals surface area contributed by atoms with E-state index in [0.717, 1.165) is 5.56 Å². The summed E-state index contributed by atoms with van der Waals surface area (Å²) in [5, 5.41) is 28.0. The van der Waals surface area contributed by atoms with Gasteiger partial charge in [-0.1, -0.05) is 35.3 Å². The van der Waals surface area contributed by atoms with Crippen molar-refractivity contribution in [3.8, 4) is 11.6 Å². The molecule has 4 rings (SSSR count). The molecule has 152 valence electrons. The lowest BCUT2D eigenvalue weighted by Gasteiger charge is -2.10. The van der Waals surface area contributed by atoms with E-state index < -0.39 is 5.91 Å². The average Bonchev–Trinajstić information content (AvgIpc) is 3.13. The number of nitrogens with zero attached hydrogens (tertiary/aromatic N) is 3. The molecule has 0 unspecified atom stereocenters. The van der Waals surface area contributed by atoms with E-state index in [4.69, 9.17) is 23.2 Å². The zero-order valence-electron chi connectivity index (χ0n) is 15.7. The molecule has 0 aliphatic heterocycles. The fourth-order valence-corrected chi connectivity index (χ4v) is 3.33. The number of phenols is 1. The summed E-state index contributed by atoms with van der Waals surface area (Å²) in [7, 11) is 0. The van der Waals surface area contributed by atoms with Gasteiger partial charge in [0, 0.05) is 34.5 Å². The summed E-state index contributed by atoms with van der Waals surface area (Å²) in [5.41, 5.74) is 2.89. The summed E-state index contributed by atoms with van der Waals surface area (Å²) in [4.78, 5) is 17.2. The number of aryl methyl sites for hydroxylation is 1. The first kappa shape index (κ1) is 20.0. The van der Waals surface area contributed by atoms with Crippen molar-refractivity contribution in [2.75, 3.05) is 5.32 Å². The van der Waals surface area contributed by atoms with Crippen molar-refractivity contribution >= 4 is 40.4 Å². The summed E-state index contributed by atoms with van der Waals surface area (Å²) in [5.74, 6) is -0.716. The second kappa shape index (κ2) is 7.85. The van der Waals surface area contributed by atoms with Gasteiger partial charge in [-0.2, -0.15) is 9.61 Å². The second-order valence-corrected chi connectivity index (χ2v) is 7.56. The van der Waals surface area contributed by atoms with Crippen LogP contribution in [0, 0.1) is 6.92 Å². The largest absolute Gasteiger partial charge is 0.506 e. The molecule has 0 radical (unpaired) electrons. The van der Waals surface area contributed by atoms with Crippen LogP contribution < -0.4 is 5.32 Å². The Morgan fingerprint density at radius 3 is 2.57 bits per heavy atom. The van der Waals surface area contributed by atoms with E-state index in [1.165, 1.54) is 22.8 Å². The Hall–Kier alpha value is -3.29. The maximum Gasteiger partial charge on any atom is 0.261 e. The standard InChI is InChI=1S/C21H16Cl2N4O3/c1-11-15(8-12-2-4-13(22)5-3-12)21(30)27-19(25-11)16(10-24-27)20(29)26-14-6-7-17(23)18(28)9-14/h2-7,9-10,28,30H,8H2,1H3,(H,26,29).